The van der Waals surface area contributed by atoms with E-state index in [0.717, 1.165) is 13.0 Å². The molecule has 2 aliphatic rings. The van der Waals surface area contributed by atoms with Gasteiger partial charge in [-0.2, -0.15) is 0 Å². The van der Waals surface area contributed by atoms with Gasteiger partial charge in [-0.3, -0.25) is 9.69 Å². The van der Waals surface area contributed by atoms with Gasteiger partial charge in [0.2, 0.25) is 0 Å². The number of rotatable bonds is 1. The van der Waals surface area contributed by atoms with E-state index < -0.39 is 0 Å². The van der Waals surface area contributed by atoms with Crippen molar-refractivity contribution >= 4 is 5.78 Å². The highest BCUT2D eigenvalue weighted by atomic mass is 16.1. The maximum absolute atomic E-state index is 11.4. The van der Waals surface area contributed by atoms with Crippen LogP contribution in [0.3, 0.4) is 0 Å². The highest BCUT2D eigenvalue weighted by Crippen LogP contribution is 2.47. The summed E-state index contributed by atoms with van der Waals surface area (Å²) in [5, 5.41) is 0. The Morgan fingerprint density at radius 3 is 2.46 bits per heavy atom. The second kappa shape index (κ2) is 3.09. The highest BCUT2D eigenvalue weighted by molar-refractivity contribution is 5.81. The molecule has 74 valence electrons. The van der Waals surface area contributed by atoms with E-state index in [2.05, 4.69) is 11.9 Å². The average Bonchev–Trinajstić information content (AvgIpc) is 2.60. The molecule has 1 saturated heterocycles. The summed E-state index contributed by atoms with van der Waals surface area (Å²) in [7, 11) is 2.10. The molecule has 0 unspecified atom stereocenters. The van der Waals surface area contributed by atoms with E-state index in [4.69, 9.17) is 0 Å². The number of nitrogens with zero attached hydrogens (tertiary/aromatic N) is 1. The first kappa shape index (κ1) is 9.20. The first-order valence-corrected chi connectivity index (χ1v) is 5.34. The minimum Gasteiger partial charge on any atom is -0.298 e. The molecular formula is C11H19NO. The zero-order valence-corrected chi connectivity index (χ0v) is 8.68. The van der Waals surface area contributed by atoms with Crippen LogP contribution in [-0.2, 0) is 4.79 Å². The highest BCUT2D eigenvalue weighted by Gasteiger charge is 2.45. The van der Waals surface area contributed by atoms with Gasteiger partial charge in [-0.05, 0) is 38.6 Å². The first-order valence-electron chi connectivity index (χ1n) is 5.34. The number of carbonyl (C=O) groups is 1. The van der Waals surface area contributed by atoms with Crippen molar-refractivity contribution in [3.05, 3.63) is 0 Å². The molecule has 2 fully saturated rings. The molecule has 1 spiro atoms. The molecule has 0 aromatic heterocycles. The molecular weight excluding hydrogens is 162 g/mol. The van der Waals surface area contributed by atoms with E-state index >= 15 is 0 Å². The van der Waals surface area contributed by atoms with Crippen molar-refractivity contribution in [2.75, 3.05) is 13.6 Å². The second-order valence-corrected chi connectivity index (χ2v) is 4.95. The van der Waals surface area contributed by atoms with Crippen molar-refractivity contribution in [1.29, 1.82) is 0 Å². The van der Waals surface area contributed by atoms with Crippen molar-refractivity contribution in [3.8, 4) is 0 Å². The van der Waals surface area contributed by atoms with Gasteiger partial charge >= 0.3 is 0 Å². The molecule has 0 bridgehead atoms. The fraction of sp³-hybridized carbons (Fsp3) is 0.909. The average molecular weight is 181 g/mol. The Morgan fingerprint density at radius 2 is 2.00 bits per heavy atom. The zero-order valence-electron chi connectivity index (χ0n) is 8.68. The molecule has 0 radical (unpaired) electrons. The summed E-state index contributed by atoms with van der Waals surface area (Å²) in [5.41, 5.74) is 0.519. The van der Waals surface area contributed by atoms with Crippen LogP contribution in [0, 0.1) is 5.41 Å². The Morgan fingerprint density at radius 1 is 1.38 bits per heavy atom. The van der Waals surface area contributed by atoms with Gasteiger partial charge in [0.25, 0.3) is 0 Å². The lowest BCUT2D eigenvalue weighted by Crippen LogP contribution is -2.31. The van der Waals surface area contributed by atoms with Crippen LogP contribution in [-0.4, -0.2) is 30.3 Å². The molecule has 0 amide bonds. The quantitative estimate of drug-likeness (QED) is 0.615. The Bertz CT molecular complexity index is 218. The maximum Gasteiger partial charge on any atom is 0.146 e. The summed E-state index contributed by atoms with van der Waals surface area (Å²) in [4.78, 5) is 13.6. The second-order valence-electron chi connectivity index (χ2n) is 4.95. The van der Waals surface area contributed by atoms with E-state index in [-0.39, 0.29) is 6.04 Å². The van der Waals surface area contributed by atoms with Crippen molar-refractivity contribution in [2.24, 2.45) is 5.41 Å². The zero-order chi connectivity index (χ0) is 9.47. The lowest BCUT2D eigenvalue weighted by molar-refractivity contribution is -0.120. The molecule has 1 atom stereocenters. The smallest absolute Gasteiger partial charge is 0.146 e. The standard InChI is InChI=1S/C11H19NO/c1-9(13)10-7-11(8-12(10)2)5-3-4-6-11/h10H,3-8H2,1-2H3/t10-/m0/s1. The van der Waals surface area contributed by atoms with E-state index in [0.29, 0.717) is 11.2 Å². The molecule has 2 heteroatoms. The van der Waals surface area contributed by atoms with Crippen LogP contribution >= 0.6 is 0 Å². The summed E-state index contributed by atoms with van der Waals surface area (Å²) < 4.78 is 0. The van der Waals surface area contributed by atoms with Gasteiger partial charge in [0.1, 0.15) is 5.78 Å². The van der Waals surface area contributed by atoms with E-state index in [1.54, 1.807) is 6.92 Å². The molecule has 2 rings (SSSR count). The third-order valence-corrected chi connectivity index (χ3v) is 3.88. The van der Waals surface area contributed by atoms with Gasteiger partial charge in [0.15, 0.2) is 0 Å². The molecule has 0 aromatic rings. The summed E-state index contributed by atoms with van der Waals surface area (Å²) >= 11 is 0. The Balaban J connectivity index is 2.09. The number of ketones is 1. The van der Waals surface area contributed by atoms with Crippen LogP contribution in [0.4, 0.5) is 0 Å². The molecule has 2 nitrogen and oxygen atoms in total. The van der Waals surface area contributed by atoms with Crippen molar-refractivity contribution < 1.29 is 4.79 Å². The Kier molecular flexibility index (Phi) is 2.18. The minimum absolute atomic E-state index is 0.220. The lowest BCUT2D eigenvalue weighted by atomic mass is 9.83. The number of Topliss-reactive ketones (excluding diaryl/α,β-unsaturated/α-hetero) is 1. The molecule has 1 heterocycles. The van der Waals surface area contributed by atoms with Gasteiger partial charge in [-0.1, -0.05) is 12.8 Å². The van der Waals surface area contributed by atoms with Gasteiger partial charge in [-0.25, -0.2) is 0 Å². The van der Waals surface area contributed by atoms with E-state index in [9.17, 15) is 4.79 Å². The maximum atomic E-state index is 11.4. The molecule has 1 aliphatic heterocycles. The Hall–Kier alpha value is -0.370. The van der Waals surface area contributed by atoms with E-state index in [1.807, 2.05) is 0 Å². The van der Waals surface area contributed by atoms with Crippen LogP contribution in [0.15, 0.2) is 0 Å². The third kappa shape index (κ3) is 1.52. The van der Waals surface area contributed by atoms with Crippen LogP contribution in [0.2, 0.25) is 0 Å². The van der Waals surface area contributed by atoms with Crippen molar-refractivity contribution in [1.82, 2.24) is 4.90 Å². The summed E-state index contributed by atoms with van der Waals surface area (Å²) in [6.07, 6.45) is 6.57. The van der Waals surface area contributed by atoms with Gasteiger partial charge < -0.3 is 0 Å². The SMILES string of the molecule is CC(=O)[C@@H]1CC2(CCCC2)CN1C. The first-order chi connectivity index (χ1) is 6.13. The van der Waals surface area contributed by atoms with Crippen LogP contribution in [0.1, 0.15) is 39.0 Å². The predicted molar refractivity (Wildman–Crippen MR) is 52.6 cm³/mol. The monoisotopic (exact) mass is 181 g/mol. The van der Waals surface area contributed by atoms with Gasteiger partial charge in [-0.15, -0.1) is 0 Å². The van der Waals surface area contributed by atoms with Gasteiger partial charge in [0, 0.05) is 6.54 Å². The van der Waals surface area contributed by atoms with Crippen molar-refractivity contribution in [3.63, 3.8) is 0 Å². The molecule has 0 aromatic carbocycles. The molecule has 1 aliphatic carbocycles. The Labute approximate surface area is 80.3 Å². The number of hydrogen-bond donors (Lipinski definition) is 0. The molecule has 1 saturated carbocycles. The lowest BCUT2D eigenvalue weighted by Gasteiger charge is -2.21. The largest absolute Gasteiger partial charge is 0.298 e. The number of likely N-dealkylation sites (N-methyl/N-ethyl adjacent to an activating group) is 1. The van der Waals surface area contributed by atoms with Crippen LogP contribution in [0.5, 0.6) is 0 Å². The van der Waals surface area contributed by atoms with Crippen LogP contribution in [0.25, 0.3) is 0 Å². The fourth-order valence-electron chi connectivity index (χ4n) is 3.21. The summed E-state index contributed by atoms with van der Waals surface area (Å²) in [6, 6.07) is 0.220. The molecule has 13 heavy (non-hydrogen) atoms. The third-order valence-electron chi connectivity index (χ3n) is 3.88. The number of hydrogen-bond acceptors (Lipinski definition) is 2. The topological polar surface area (TPSA) is 20.3 Å². The van der Waals surface area contributed by atoms with Gasteiger partial charge in [0.05, 0.1) is 6.04 Å². The van der Waals surface area contributed by atoms with Crippen molar-refractivity contribution in [2.45, 2.75) is 45.1 Å². The molecule has 0 N–H and O–H groups in total. The van der Waals surface area contributed by atoms with E-state index in [1.165, 1.54) is 25.7 Å². The summed E-state index contributed by atoms with van der Waals surface area (Å²) in [5.74, 6) is 0.353. The number of likely N-dealkylation sites (tertiary alicyclic amines) is 1. The van der Waals surface area contributed by atoms with Crippen LogP contribution < -0.4 is 0 Å². The minimum atomic E-state index is 0.220. The summed E-state index contributed by atoms with van der Waals surface area (Å²) in [6.45, 7) is 2.88. The predicted octanol–water partition coefficient (Wildman–Crippen LogP) is 1.84. The fourth-order valence-corrected chi connectivity index (χ4v) is 3.21. The normalized spacial score (nSPS) is 32.9. The number of carbonyl (C=O) groups excluding carboxylic acids is 1.